The van der Waals surface area contributed by atoms with Gasteiger partial charge in [0.15, 0.2) is 0 Å². The van der Waals surface area contributed by atoms with E-state index in [-0.39, 0.29) is 0 Å². The number of hydrogen-bond acceptors (Lipinski definition) is 6. The van der Waals surface area contributed by atoms with Gasteiger partial charge in [0, 0.05) is 18.1 Å². The van der Waals surface area contributed by atoms with Gasteiger partial charge in [-0.2, -0.15) is 4.98 Å². The van der Waals surface area contributed by atoms with Crippen LogP contribution in [0.25, 0.3) is 11.5 Å². The molecule has 0 aliphatic carbocycles. The fraction of sp³-hybridized carbons (Fsp3) is 0.0769. The zero-order valence-electron chi connectivity index (χ0n) is 10.0. The van der Waals surface area contributed by atoms with Crippen LogP contribution in [0.5, 0.6) is 0 Å². The Bertz CT molecular complexity index is 680. The first-order valence-electron chi connectivity index (χ1n) is 5.74. The fourth-order valence-corrected chi connectivity index (χ4v) is 1.72. The minimum Gasteiger partial charge on any atom is -0.399 e. The van der Waals surface area contributed by atoms with Crippen LogP contribution in [-0.4, -0.2) is 20.1 Å². The summed E-state index contributed by atoms with van der Waals surface area (Å²) in [7, 11) is 0. The van der Waals surface area contributed by atoms with Gasteiger partial charge in [0.2, 0.25) is 11.7 Å². The minimum atomic E-state index is 0.437. The van der Waals surface area contributed by atoms with E-state index in [1.807, 2.05) is 24.3 Å². The van der Waals surface area contributed by atoms with E-state index in [1.165, 1.54) is 0 Å². The fourth-order valence-electron chi connectivity index (χ4n) is 1.72. The van der Waals surface area contributed by atoms with Crippen molar-refractivity contribution < 1.29 is 4.52 Å². The maximum Gasteiger partial charge on any atom is 0.231 e. The summed E-state index contributed by atoms with van der Waals surface area (Å²) in [6.45, 7) is 0. The molecule has 0 fully saturated rings. The van der Waals surface area contributed by atoms with Crippen LogP contribution in [0, 0.1) is 0 Å². The second-order valence-corrected chi connectivity index (χ2v) is 4.02. The van der Waals surface area contributed by atoms with Crippen molar-refractivity contribution in [3.05, 3.63) is 54.3 Å². The van der Waals surface area contributed by atoms with Gasteiger partial charge in [0.05, 0.1) is 12.6 Å². The lowest BCUT2D eigenvalue weighted by Crippen LogP contribution is -1.91. The van der Waals surface area contributed by atoms with E-state index >= 15 is 0 Å². The Morgan fingerprint density at radius 1 is 1.21 bits per heavy atom. The van der Waals surface area contributed by atoms with E-state index in [1.54, 1.807) is 18.6 Å². The molecule has 6 nitrogen and oxygen atoms in total. The highest BCUT2D eigenvalue weighted by Gasteiger charge is 2.10. The molecule has 0 unspecified atom stereocenters. The molecule has 2 heterocycles. The molecular formula is C13H11N5O. The number of nitrogens with two attached hydrogens (primary N) is 1. The summed E-state index contributed by atoms with van der Waals surface area (Å²) in [5.74, 6) is 0.957. The molecule has 0 atom stereocenters. The van der Waals surface area contributed by atoms with Crippen molar-refractivity contribution in [3.63, 3.8) is 0 Å². The Balaban J connectivity index is 1.82. The third kappa shape index (κ3) is 2.57. The summed E-state index contributed by atoms with van der Waals surface area (Å²) >= 11 is 0. The van der Waals surface area contributed by atoms with Gasteiger partial charge >= 0.3 is 0 Å². The predicted octanol–water partition coefficient (Wildman–Crippen LogP) is 1.70. The van der Waals surface area contributed by atoms with E-state index in [9.17, 15) is 0 Å². The zero-order chi connectivity index (χ0) is 13.1. The SMILES string of the molecule is Nc1cccc(Cc2nc(-c3cnccn3)no2)c1. The summed E-state index contributed by atoms with van der Waals surface area (Å²) in [5.41, 5.74) is 8.05. The molecular weight excluding hydrogens is 242 g/mol. The van der Waals surface area contributed by atoms with Gasteiger partial charge in [-0.25, -0.2) is 4.98 Å². The smallest absolute Gasteiger partial charge is 0.231 e. The van der Waals surface area contributed by atoms with Gasteiger partial charge in [0.1, 0.15) is 5.69 Å². The normalized spacial score (nSPS) is 10.5. The first kappa shape index (κ1) is 11.3. The summed E-state index contributed by atoms with van der Waals surface area (Å²) in [5, 5.41) is 3.89. The first-order chi connectivity index (χ1) is 9.31. The number of benzene rings is 1. The lowest BCUT2D eigenvalue weighted by molar-refractivity contribution is 0.385. The highest BCUT2D eigenvalue weighted by atomic mass is 16.5. The third-order valence-electron chi connectivity index (χ3n) is 2.57. The number of aromatic nitrogens is 4. The predicted molar refractivity (Wildman–Crippen MR) is 69.0 cm³/mol. The van der Waals surface area contributed by atoms with Crippen molar-refractivity contribution in [2.24, 2.45) is 0 Å². The standard InChI is InChI=1S/C13H11N5O/c14-10-3-1-2-9(6-10)7-12-17-13(18-19-12)11-8-15-4-5-16-11/h1-6,8H,7,14H2. The summed E-state index contributed by atoms with van der Waals surface area (Å²) in [4.78, 5) is 12.4. The molecule has 0 saturated carbocycles. The molecule has 0 bridgehead atoms. The van der Waals surface area contributed by atoms with Crippen LogP contribution in [0.1, 0.15) is 11.5 Å². The largest absolute Gasteiger partial charge is 0.399 e. The van der Waals surface area contributed by atoms with Crippen LogP contribution in [0.15, 0.2) is 47.4 Å². The lowest BCUT2D eigenvalue weighted by Gasteiger charge is -1.97. The van der Waals surface area contributed by atoms with Crippen molar-refractivity contribution in [2.45, 2.75) is 6.42 Å². The van der Waals surface area contributed by atoms with Crippen molar-refractivity contribution in [1.82, 2.24) is 20.1 Å². The van der Waals surface area contributed by atoms with Crippen LogP contribution in [-0.2, 0) is 6.42 Å². The van der Waals surface area contributed by atoms with Gasteiger partial charge in [0.25, 0.3) is 0 Å². The van der Waals surface area contributed by atoms with E-state index < -0.39 is 0 Å². The molecule has 2 aromatic heterocycles. The number of hydrogen-bond donors (Lipinski definition) is 1. The van der Waals surface area contributed by atoms with E-state index in [0.717, 1.165) is 5.56 Å². The Morgan fingerprint density at radius 2 is 2.16 bits per heavy atom. The minimum absolute atomic E-state index is 0.437. The van der Waals surface area contributed by atoms with Crippen LogP contribution >= 0.6 is 0 Å². The Morgan fingerprint density at radius 3 is 2.95 bits per heavy atom. The van der Waals surface area contributed by atoms with Gasteiger partial charge in [-0.05, 0) is 17.7 Å². The molecule has 94 valence electrons. The zero-order valence-corrected chi connectivity index (χ0v) is 10.0. The molecule has 0 aliphatic rings. The average Bonchev–Trinajstić information content (AvgIpc) is 2.88. The molecule has 0 radical (unpaired) electrons. The van der Waals surface area contributed by atoms with Gasteiger partial charge < -0.3 is 10.3 Å². The van der Waals surface area contributed by atoms with Crippen molar-refractivity contribution in [2.75, 3.05) is 5.73 Å². The second kappa shape index (κ2) is 4.85. The molecule has 6 heteroatoms. The maximum atomic E-state index is 5.72. The lowest BCUT2D eigenvalue weighted by atomic mass is 10.1. The monoisotopic (exact) mass is 253 g/mol. The van der Waals surface area contributed by atoms with Crippen LogP contribution in [0.4, 0.5) is 5.69 Å². The van der Waals surface area contributed by atoms with Gasteiger partial charge in [-0.3, -0.25) is 4.98 Å². The summed E-state index contributed by atoms with van der Waals surface area (Å²) in [6, 6.07) is 7.57. The molecule has 3 rings (SSSR count). The summed E-state index contributed by atoms with van der Waals surface area (Å²) in [6.07, 6.45) is 5.31. The highest BCUT2D eigenvalue weighted by Crippen LogP contribution is 2.15. The molecule has 19 heavy (non-hydrogen) atoms. The molecule has 1 aromatic carbocycles. The number of anilines is 1. The topological polar surface area (TPSA) is 90.7 Å². The van der Waals surface area contributed by atoms with E-state index in [0.29, 0.717) is 29.5 Å². The molecule has 2 N–H and O–H groups in total. The van der Waals surface area contributed by atoms with Gasteiger partial charge in [-0.1, -0.05) is 17.3 Å². The molecule has 3 aromatic rings. The maximum absolute atomic E-state index is 5.72. The highest BCUT2D eigenvalue weighted by molar-refractivity contribution is 5.46. The van der Waals surface area contributed by atoms with Crippen molar-refractivity contribution >= 4 is 5.69 Å². The van der Waals surface area contributed by atoms with E-state index in [2.05, 4.69) is 20.1 Å². The second-order valence-electron chi connectivity index (χ2n) is 4.02. The third-order valence-corrected chi connectivity index (χ3v) is 2.57. The first-order valence-corrected chi connectivity index (χ1v) is 5.74. The Kier molecular flexibility index (Phi) is 2.89. The molecule has 0 amide bonds. The van der Waals surface area contributed by atoms with E-state index in [4.69, 9.17) is 10.3 Å². The van der Waals surface area contributed by atoms with Crippen LogP contribution in [0.3, 0.4) is 0 Å². The molecule has 0 saturated heterocycles. The van der Waals surface area contributed by atoms with Crippen molar-refractivity contribution in [3.8, 4) is 11.5 Å². The number of nitrogens with zero attached hydrogens (tertiary/aromatic N) is 4. The quantitative estimate of drug-likeness (QED) is 0.714. The van der Waals surface area contributed by atoms with Crippen LogP contribution in [0.2, 0.25) is 0 Å². The summed E-state index contributed by atoms with van der Waals surface area (Å²) < 4.78 is 5.19. The molecule has 0 spiro atoms. The van der Waals surface area contributed by atoms with Crippen LogP contribution < -0.4 is 5.73 Å². The van der Waals surface area contributed by atoms with Gasteiger partial charge in [-0.15, -0.1) is 0 Å². The van der Waals surface area contributed by atoms with Crippen molar-refractivity contribution in [1.29, 1.82) is 0 Å². The number of rotatable bonds is 3. The Labute approximate surface area is 109 Å². The Hall–Kier alpha value is -2.76. The molecule has 0 aliphatic heterocycles. The number of nitrogen functional groups attached to an aromatic ring is 1. The average molecular weight is 253 g/mol.